The number of carbonyl (C=O) groups excluding carboxylic acids is 2. The highest BCUT2D eigenvalue weighted by Crippen LogP contribution is 2.13. The van der Waals surface area contributed by atoms with E-state index < -0.39 is 16.7 Å². The van der Waals surface area contributed by atoms with Crippen LogP contribution in [-0.2, 0) is 0 Å². The topological polar surface area (TPSA) is 122 Å². The third-order valence-electron chi connectivity index (χ3n) is 3.67. The number of hydrogen-bond acceptors (Lipinski definition) is 5. The van der Waals surface area contributed by atoms with Gasteiger partial charge in [0.2, 0.25) is 0 Å². The normalized spacial score (nSPS) is 10.2. The number of H-pyrrole nitrogens is 1. The molecule has 0 fully saturated rings. The fraction of sp³-hybridized carbons (Fsp3) is 0. The molecule has 27 heavy (non-hydrogen) atoms. The zero-order valence-corrected chi connectivity index (χ0v) is 14.5. The molecule has 3 rings (SSSR count). The summed E-state index contributed by atoms with van der Waals surface area (Å²) in [5.74, 6) is -1.19. The number of nitrogens with one attached hydrogen (secondary N) is 3. The summed E-state index contributed by atoms with van der Waals surface area (Å²) in [5.41, 5.74) is 5.43. The zero-order valence-electron chi connectivity index (χ0n) is 13.7. The number of non-ortho nitro benzene ring substituents is 1. The van der Waals surface area contributed by atoms with Gasteiger partial charge in [-0.25, -0.2) is 0 Å². The van der Waals surface area contributed by atoms with Crippen molar-refractivity contribution in [2.75, 3.05) is 0 Å². The van der Waals surface area contributed by atoms with Crippen LogP contribution in [0.25, 0.3) is 5.69 Å². The average molecular weight is 383 g/mol. The first kappa shape index (κ1) is 18.0. The Morgan fingerprint density at radius 1 is 1.04 bits per heavy atom. The van der Waals surface area contributed by atoms with Crippen LogP contribution in [0.3, 0.4) is 0 Å². The highest BCUT2D eigenvalue weighted by atomic mass is 32.1. The number of nitrogens with zero attached hydrogens (tertiary/aromatic N) is 2. The zero-order chi connectivity index (χ0) is 19.4. The van der Waals surface area contributed by atoms with E-state index in [0.29, 0.717) is 10.3 Å². The average Bonchev–Trinajstić information content (AvgIpc) is 3.12. The van der Waals surface area contributed by atoms with Crippen LogP contribution in [0.4, 0.5) is 5.69 Å². The molecule has 0 aliphatic carbocycles. The summed E-state index contributed by atoms with van der Waals surface area (Å²) in [4.78, 5) is 37.2. The molecule has 136 valence electrons. The van der Waals surface area contributed by atoms with Gasteiger partial charge in [-0.15, -0.1) is 0 Å². The summed E-state index contributed by atoms with van der Waals surface area (Å²) in [5, 5.41) is 10.8. The van der Waals surface area contributed by atoms with E-state index in [1.54, 1.807) is 41.2 Å². The van der Waals surface area contributed by atoms with Gasteiger partial charge in [0.1, 0.15) is 0 Å². The molecule has 3 aromatic rings. The van der Waals surface area contributed by atoms with E-state index in [1.807, 2.05) is 0 Å². The van der Waals surface area contributed by atoms with E-state index in [-0.39, 0.29) is 11.3 Å². The Bertz CT molecular complexity index is 1070. The van der Waals surface area contributed by atoms with Crippen LogP contribution in [-0.4, -0.2) is 26.3 Å². The van der Waals surface area contributed by atoms with Gasteiger partial charge in [0.15, 0.2) is 4.77 Å². The van der Waals surface area contributed by atoms with Gasteiger partial charge < -0.3 is 4.98 Å². The molecule has 0 saturated heterocycles. The van der Waals surface area contributed by atoms with E-state index in [2.05, 4.69) is 15.8 Å². The number of nitro groups is 1. The molecule has 0 bridgehead atoms. The fourth-order valence-electron chi connectivity index (χ4n) is 2.32. The lowest BCUT2D eigenvalue weighted by Gasteiger charge is -2.08. The second-order valence-corrected chi connectivity index (χ2v) is 5.78. The Morgan fingerprint density at radius 3 is 2.30 bits per heavy atom. The standard InChI is InChI=1S/C17H13N5O4S/c23-15(11-4-6-13(7-5-11)21-9-8-18-17(21)27)19-20-16(24)12-2-1-3-14(10-12)22(25)26/h1-10H,(H,18,27)(H,19,23)(H,20,24). The molecule has 9 nitrogen and oxygen atoms in total. The first-order chi connectivity index (χ1) is 13.0. The van der Waals surface area contributed by atoms with Crippen LogP contribution >= 0.6 is 12.2 Å². The Hall–Kier alpha value is -3.79. The van der Waals surface area contributed by atoms with Crippen LogP contribution in [0.15, 0.2) is 60.9 Å². The number of aromatic amines is 1. The third-order valence-corrected chi connectivity index (χ3v) is 3.98. The molecular formula is C17H13N5O4S. The number of amides is 2. The van der Waals surface area contributed by atoms with Crippen molar-refractivity contribution in [1.82, 2.24) is 20.4 Å². The number of rotatable bonds is 4. The second kappa shape index (κ2) is 7.62. The van der Waals surface area contributed by atoms with Crippen LogP contribution < -0.4 is 10.9 Å². The summed E-state index contributed by atoms with van der Waals surface area (Å²) >= 11 is 5.13. The van der Waals surface area contributed by atoms with Crippen LogP contribution in [0.2, 0.25) is 0 Å². The van der Waals surface area contributed by atoms with Gasteiger partial charge in [-0.1, -0.05) is 6.07 Å². The van der Waals surface area contributed by atoms with Gasteiger partial charge in [-0.2, -0.15) is 0 Å². The van der Waals surface area contributed by atoms with Crippen molar-refractivity contribution in [3.63, 3.8) is 0 Å². The van der Waals surface area contributed by atoms with Gasteiger partial charge in [0, 0.05) is 41.3 Å². The number of aromatic nitrogens is 2. The lowest BCUT2D eigenvalue weighted by Crippen LogP contribution is -2.41. The number of carbonyl (C=O) groups is 2. The Labute approximate surface area is 157 Å². The van der Waals surface area contributed by atoms with Crippen molar-refractivity contribution in [3.05, 3.63) is 86.9 Å². The van der Waals surface area contributed by atoms with Crippen LogP contribution in [0.1, 0.15) is 20.7 Å². The van der Waals surface area contributed by atoms with Crippen molar-refractivity contribution in [3.8, 4) is 5.69 Å². The fourth-order valence-corrected chi connectivity index (χ4v) is 2.55. The third kappa shape index (κ3) is 4.07. The lowest BCUT2D eigenvalue weighted by atomic mass is 10.2. The van der Waals surface area contributed by atoms with E-state index in [4.69, 9.17) is 12.2 Å². The van der Waals surface area contributed by atoms with Crippen molar-refractivity contribution >= 4 is 29.7 Å². The van der Waals surface area contributed by atoms with Crippen molar-refractivity contribution < 1.29 is 14.5 Å². The molecule has 2 aromatic carbocycles. The minimum atomic E-state index is -0.665. The Morgan fingerprint density at radius 2 is 1.70 bits per heavy atom. The molecule has 10 heteroatoms. The predicted octanol–water partition coefficient (Wildman–Crippen LogP) is 2.52. The van der Waals surface area contributed by atoms with Gasteiger partial charge >= 0.3 is 0 Å². The van der Waals surface area contributed by atoms with Crippen LogP contribution in [0, 0.1) is 14.9 Å². The highest BCUT2D eigenvalue weighted by molar-refractivity contribution is 7.71. The lowest BCUT2D eigenvalue weighted by molar-refractivity contribution is -0.384. The Balaban J connectivity index is 1.65. The number of imidazole rings is 1. The van der Waals surface area contributed by atoms with Crippen molar-refractivity contribution in [2.24, 2.45) is 0 Å². The molecule has 0 aliphatic heterocycles. The molecule has 3 N–H and O–H groups in total. The molecule has 0 radical (unpaired) electrons. The van der Waals surface area contributed by atoms with E-state index in [9.17, 15) is 19.7 Å². The SMILES string of the molecule is O=C(NNC(=O)c1cccc([N+](=O)[O-])c1)c1ccc(-n2cc[nH]c2=S)cc1. The quantitative estimate of drug-likeness (QED) is 0.363. The summed E-state index contributed by atoms with van der Waals surface area (Å²) < 4.78 is 2.26. The monoisotopic (exact) mass is 383 g/mol. The first-order valence-corrected chi connectivity index (χ1v) is 8.08. The molecule has 0 aliphatic rings. The van der Waals surface area contributed by atoms with Gasteiger partial charge in [-0.3, -0.25) is 35.1 Å². The Kier molecular flexibility index (Phi) is 5.08. The molecule has 0 saturated carbocycles. The molecular weight excluding hydrogens is 370 g/mol. The number of hydrogen-bond donors (Lipinski definition) is 3. The van der Waals surface area contributed by atoms with E-state index in [0.717, 1.165) is 11.8 Å². The van der Waals surface area contributed by atoms with Gasteiger partial charge in [0.25, 0.3) is 17.5 Å². The first-order valence-electron chi connectivity index (χ1n) is 7.67. The maximum atomic E-state index is 12.2. The molecule has 2 amide bonds. The molecule has 0 unspecified atom stereocenters. The summed E-state index contributed by atoms with van der Waals surface area (Å²) in [6, 6.07) is 11.8. The maximum absolute atomic E-state index is 12.2. The summed E-state index contributed by atoms with van der Waals surface area (Å²) in [7, 11) is 0. The summed E-state index contributed by atoms with van der Waals surface area (Å²) in [6.07, 6.45) is 3.46. The number of benzene rings is 2. The summed E-state index contributed by atoms with van der Waals surface area (Å²) in [6.45, 7) is 0. The van der Waals surface area contributed by atoms with Crippen molar-refractivity contribution in [2.45, 2.75) is 0 Å². The highest BCUT2D eigenvalue weighted by Gasteiger charge is 2.13. The molecule has 0 spiro atoms. The van der Waals surface area contributed by atoms with Crippen LogP contribution in [0.5, 0.6) is 0 Å². The van der Waals surface area contributed by atoms with E-state index in [1.165, 1.54) is 18.2 Å². The molecule has 1 heterocycles. The maximum Gasteiger partial charge on any atom is 0.270 e. The minimum Gasteiger partial charge on any atom is -0.337 e. The van der Waals surface area contributed by atoms with Gasteiger partial charge in [0.05, 0.1) is 4.92 Å². The van der Waals surface area contributed by atoms with E-state index >= 15 is 0 Å². The molecule has 1 aromatic heterocycles. The minimum absolute atomic E-state index is 0.0571. The number of nitro benzene ring substituents is 1. The second-order valence-electron chi connectivity index (χ2n) is 5.40. The van der Waals surface area contributed by atoms with Gasteiger partial charge in [-0.05, 0) is 42.5 Å². The smallest absolute Gasteiger partial charge is 0.270 e. The number of hydrazine groups is 1. The molecule has 0 atom stereocenters. The largest absolute Gasteiger partial charge is 0.337 e. The van der Waals surface area contributed by atoms with Crippen molar-refractivity contribution in [1.29, 1.82) is 0 Å². The predicted molar refractivity (Wildman–Crippen MR) is 99.0 cm³/mol.